The van der Waals surface area contributed by atoms with Crippen LogP contribution in [0.4, 0.5) is 0 Å². The predicted molar refractivity (Wildman–Crippen MR) is 87.4 cm³/mol. The standard InChI is InChI=1S/C9H10I3NO3/c10-5-1-4(2-6(13)8(15)16)3-9(11,12)7(5)14/h1,6,14H,2-3,13H2,(H,15,16)/t6-/m0/s1. The van der Waals surface area contributed by atoms with E-state index in [-0.39, 0.29) is 0 Å². The van der Waals surface area contributed by atoms with Gasteiger partial charge >= 0.3 is 5.97 Å². The second kappa shape index (κ2) is 5.69. The van der Waals surface area contributed by atoms with Crippen LogP contribution < -0.4 is 5.73 Å². The average Bonchev–Trinajstić information content (AvgIpc) is 2.13. The van der Waals surface area contributed by atoms with Crippen molar-refractivity contribution in [2.75, 3.05) is 0 Å². The predicted octanol–water partition coefficient (Wildman–Crippen LogP) is 2.89. The van der Waals surface area contributed by atoms with Crippen LogP contribution in [0.15, 0.2) is 21.0 Å². The lowest BCUT2D eigenvalue weighted by atomic mass is 9.97. The fourth-order valence-electron chi connectivity index (χ4n) is 1.34. The highest BCUT2D eigenvalue weighted by Gasteiger charge is 2.34. The van der Waals surface area contributed by atoms with Crippen LogP contribution in [0.3, 0.4) is 0 Å². The molecule has 0 aromatic rings. The SMILES string of the molecule is N[C@@H](CC1=CC(I)=C(O)C(I)(I)C1)C(=O)O. The Bertz CT molecular complexity index is 376. The number of nitrogens with two attached hydrogens (primary N) is 1. The van der Waals surface area contributed by atoms with Gasteiger partial charge in [-0.25, -0.2) is 0 Å². The van der Waals surface area contributed by atoms with Crippen molar-refractivity contribution < 1.29 is 15.0 Å². The molecule has 1 rings (SSSR count). The Balaban J connectivity index is 2.86. The molecule has 0 radical (unpaired) electrons. The van der Waals surface area contributed by atoms with Crippen LogP contribution in [0.1, 0.15) is 12.8 Å². The number of hydrogen-bond donors (Lipinski definition) is 3. The van der Waals surface area contributed by atoms with Crippen LogP contribution in [0.5, 0.6) is 0 Å². The van der Waals surface area contributed by atoms with Crippen molar-refractivity contribution in [3.8, 4) is 0 Å². The molecule has 0 spiro atoms. The van der Waals surface area contributed by atoms with E-state index < -0.39 is 13.4 Å². The van der Waals surface area contributed by atoms with Gasteiger partial charge in [-0.15, -0.1) is 0 Å². The molecule has 4 nitrogen and oxygen atoms in total. The molecule has 0 saturated carbocycles. The molecule has 0 heterocycles. The molecule has 0 aliphatic heterocycles. The molecular formula is C9H10I3NO3. The zero-order valence-electron chi connectivity index (χ0n) is 8.08. The van der Waals surface area contributed by atoms with Gasteiger partial charge in [-0.1, -0.05) is 50.8 Å². The van der Waals surface area contributed by atoms with Crippen molar-refractivity contribution >= 4 is 73.7 Å². The van der Waals surface area contributed by atoms with Crippen LogP contribution in [-0.4, -0.2) is 23.7 Å². The molecular weight excluding hydrogens is 551 g/mol. The van der Waals surface area contributed by atoms with E-state index in [2.05, 4.69) is 45.2 Å². The minimum Gasteiger partial charge on any atom is -0.509 e. The first kappa shape index (κ1) is 15.0. The van der Waals surface area contributed by atoms with Crippen LogP contribution >= 0.6 is 67.8 Å². The summed E-state index contributed by atoms with van der Waals surface area (Å²) in [7, 11) is 0. The third kappa shape index (κ3) is 3.70. The van der Waals surface area contributed by atoms with E-state index >= 15 is 0 Å². The third-order valence-corrected chi connectivity index (χ3v) is 4.76. The van der Waals surface area contributed by atoms with Crippen molar-refractivity contribution in [3.63, 3.8) is 0 Å². The molecule has 4 N–H and O–H groups in total. The quantitative estimate of drug-likeness (QED) is 0.366. The Morgan fingerprint density at radius 3 is 2.62 bits per heavy atom. The molecule has 90 valence electrons. The van der Waals surface area contributed by atoms with Crippen molar-refractivity contribution in [3.05, 3.63) is 21.0 Å². The molecule has 0 amide bonds. The third-order valence-electron chi connectivity index (χ3n) is 2.15. The summed E-state index contributed by atoms with van der Waals surface area (Å²) >= 11 is 6.36. The largest absolute Gasteiger partial charge is 0.509 e. The number of aliphatic hydroxyl groups excluding tert-OH is 1. The molecule has 0 fully saturated rings. The molecule has 1 aliphatic rings. The number of allylic oxidation sites excluding steroid dienone is 3. The highest BCUT2D eigenvalue weighted by Crippen LogP contribution is 2.46. The number of halogens is 3. The molecule has 0 bridgehead atoms. The lowest BCUT2D eigenvalue weighted by Gasteiger charge is -2.27. The molecule has 7 heteroatoms. The Morgan fingerprint density at radius 2 is 2.19 bits per heavy atom. The number of carbonyl (C=O) groups is 1. The van der Waals surface area contributed by atoms with E-state index in [4.69, 9.17) is 10.8 Å². The summed E-state index contributed by atoms with van der Waals surface area (Å²) in [6.07, 6.45) is 2.75. The molecule has 0 aromatic carbocycles. The van der Waals surface area contributed by atoms with Gasteiger partial charge in [0.15, 0.2) is 0 Å². The zero-order valence-corrected chi connectivity index (χ0v) is 14.6. The Labute approximate surface area is 134 Å². The van der Waals surface area contributed by atoms with Crippen molar-refractivity contribution in [1.29, 1.82) is 0 Å². The number of carboxylic acids is 1. The van der Waals surface area contributed by atoms with Crippen molar-refractivity contribution in [1.82, 2.24) is 0 Å². The lowest BCUT2D eigenvalue weighted by molar-refractivity contribution is -0.138. The molecule has 1 aliphatic carbocycles. The molecule has 0 aromatic heterocycles. The van der Waals surface area contributed by atoms with Gasteiger partial charge in [0.25, 0.3) is 0 Å². The first-order chi connectivity index (χ1) is 7.24. The van der Waals surface area contributed by atoms with Crippen LogP contribution in [-0.2, 0) is 4.79 Å². The summed E-state index contributed by atoms with van der Waals surface area (Å²) in [6.45, 7) is 0. The fraction of sp³-hybridized carbons (Fsp3) is 0.444. The summed E-state index contributed by atoms with van der Waals surface area (Å²) in [5.41, 5.74) is 6.45. The Kier molecular flexibility index (Phi) is 5.32. The van der Waals surface area contributed by atoms with E-state index in [1.165, 1.54) is 0 Å². The van der Waals surface area contributed by atoms with E-state index in [1.807, 2.05) is 28.7 Å². The molecule has 1 atom stereocenters. The van der Waals surface area contributed by atoms with Gasteiger partial charge in [0.05, 0.1) is 3.58 Å². The summed E-state index contributed by atoms with van der Waals surface area (Å²) in [6, 6.07) is -0.876. The minimum atomic E-state index is -0.998. The first-order valence-corrected chi connectivity index (χ1v) is 7.62. The fourth-order valence-corrected chi connectivity index (χ4v) is 4.84. The molecule has 0 unspecified atom stereocenters. The van der Waals surface area contributed by atoms with Gasteiger partial charge in [0.2, 0.25) is 0 Å². The van der Waals surface area contributed by atoms with Gasteiger partial charge in [0.1, 0.15) is 13.2 Å². The van der Waals surface area contributed by atoms with Crippen LogP contribution in [0, 0.1) is 0 Å². The monoisotopic (exact) mass is 561 g/mol. The number of alkyl halides is 2. The Hall–Kier alpha value is 0.900. The molecule has 0 saturated heterocycles. The van der Waals surface area contributed by atoms with Gasteiger partial charge in [-0.2, -0.15) is 0 Å². The maximum absolute atomic E-state index is 10.7. The number of hydrogen-bond acceptors (Lipinski definition) is 3. The average molecular weight is 561 g/mol. The van der Waals surface area contributed by atoms with Crippen LogP contribution in [0.25, 0.3) is 0 Å². The van der Waals surface area contributed by atoms with Crippen molar-refractivity contribution in [2.24, 2.45) is 5.73 Å². The van der Waals surface area contributed by atoms with E-state index in [1.54, 1.807) is 0 Å². The number of aliphatic carboxylic acids is 1. The highest BCUT2D eigenvalue weighted by molar-refractivity contribution is 14.2. The summed E-state index contributed by atoms with van der Waals surface area (Å²) < 4.78 is 0.356. The summed E-state index contributed by atoms with van der Waals surface area (Å²) in [4.78, 5) is 10.7. The normalized spacial score (nSPS) is 21.6. The van der Waals surface area contributed by atoms with E-state index in [0.717, 1.165) is 9.15 Å². The summed E-state index contributed by atoms with van der Waals surface area (Å²) in [5.74, 6) is -0.663. The maximum atomic E-state index is 10.7. The number of carboxylic acid groups (broad SMARTS) is 1. The van der Waals surface area contributed by atoms with Gasteiger partial charge in [-0.05, 0) is 41.5 Å². The zero-order chi connectivity index (χ0) is 12.5. The molecule has 16 heavy (non-hydrogen) atoms. The second-order valence-electron chi connectivity index (χ2n) is 3.53. The minimum absolute atomic E-state index is 0.322. The van der Waals surface area contributed by atoms with Gasteiger partial charge < -0.3 is 15.9 Å². The Morgan fingerprint density at radius 1 is 1.62 bits per heavy atom. The lowest BCUT2D eigenvalue weighted by Crippen LogP contribution is -2.32. The van der Waals surface area contributed by atoms with Gasteiger partial charge in [0, 0.05) is 0 Å². The van der Waals surface area contributed by atoms with Gasteiger partial charge in [-0.3, -0.25) is 4.79 Å². The van der Waals surface area contributed by atoms with Crippen LogP contribution in [0.2, 0.25) is 0 Å². The van der Waals surface area contributed by atoms with E-state index in [0.29, 0.717) is 18.6 Å². The first-order valence-electron chi connectivity index (χ1n) is 4.39. The highest BCUT2D eigenvalue weighted by atomic mass is 127. The second-order valence-corrected chi connectivity index (χ2v) is 10.4. The van der Waals surface area contributed by atoms with E-state index in [9.17, 15) is 9.90 Å². The smallest absolute Gasteiger partial charge is 0.320 e. The number of rotatable bonds is 3. The summed E-state index contributed by atoms with van der Waals surface area (Å²) in [5, 5.41) is 18.6. The topological polar surface area (TPSA) is 83.5 Å². The maximum Gasteiger partial charge on any atom is 0.320 e. The van der Waals surface area contributed by atoms with Crippen molar-refractivity contribution in [2.45, 2.75) is 20.3 Å². The number of aliphatic hydroxyl groups is 1.